The summed E-state index contributed by atoms with van der Waals surface area (Å²) < 4.78 is 0. The van der Waals surface area contributed by atoms with Crippen LogP contribution < -0.4 is 0 Å². The second-order valence-corrected chi connectivity index (χ2v) is 4.54. The maximum Gasteiger partial charge on any atom is 0.141 e. The number of hydrogen-bond donors (Lipinski definition) is 2. The molecule has 80 valence electrons. The van der Waals surface area contributed by atoms with Crippen LogP contribution in [0.25, 0.3) is 21.8 Å². The Morgan fingerprint density at radius 1 is 0.938 bits per heavy atom. The number of benzene rings is 2. The number of fused-ring (bicyclic) bond motifs is 3. The molecule has 0 amide bonds. The second-order valence-electron chi connectivity index (χ2n) is 3.66. The fourth-order valence-electron chi connectivity index (χ4n) is 1.92. The molecule has 0 spiro atoms. The molecule has 1 aromatic heterocycles. The van der Waals surface area contributed by atoms with Crippen molar-refractivity contribution in [2.75, 3.05) is 0 Å². The number of phenolic OH excluding ortho intramolecular Hbond substituents is 1. The molecule has 3 aromatic rings. The normalized spacial score (nSPS) is 11.4. The van der Waals surface area contributed by atoms with Gasteiger partial charge in [0.25, 0.3) is 0 Å². The minimum absolute atomic E-state index is 0.148. The van der Waals surface area contributed by atoms with Crippen molar-refractivity contribution in [3.63, 3.8) is 0 Å². The molecule has 0 aliphatic rings. The average molecular weight is 252 g/mol. The topological polar surface area (TPSA) is 36.0 Å². The van der Waals surface area contributed by atoms with Gasteiger partial charge in [-0.05, 0) is 24.3 Å². The van der Waals surface area contributed by atoms with Crippen molar-refractivity contribution in [2.45, 2.75) is 0 Å². The highest BCUT2D eigenvalue weighted by molar-refractivity contribution is 6.33. The lowest BCUT2D eigenvalue weighted by molar-refractivity contribution is 0.480. The molecular weight excluding hydrogens is 245 g/mol. The van der Waals surface area contributed by atoms with Crippen LogP contribution in [-0.4, -0.2) is 10.1 Å². The first-order valence-corrected chi connectivity index (χ1v) is 5.50. The van der Waals surface area contributed by atoms with Crippen molar-refractivity contribution in [2.24, 2.45) is 0 Å². The zero-order valence-electron chi connectivity index (χ0n) is 8.09. The molecule has 0 aliphatic carbocycles. The van der Waals surface area contributed by atoms with E-state index in [2.05, 4.69) is 4.98 Å². The summed E-state index contributed by atoms with van der Waals surface area (Å²) in [6.45, 7) is 0. The predicted molar refractivity (Wildman–Crippen MR) is 67.5 cm³/mol. The summed E-state index contributed by atoms with van der Waals surface area (Å²) in [5.74, 6) is 0.148. The van der Waals surface area contributed by atoms with Gasteiger partial charge in [0.2, 0.25) is 0 Å². The predicted octanol–water partition coefficient (Wildman–Crippen LogP) is 4.33. The van der Waals surface area contributed by atoms with Gasteiger partial charge in [0.15, 0.2) is 0 Å². The molecular formula is C12H7Cl2NO. The van der Waals surface area contributed by atoms with Crippen molar-refractivity contribution < 1.29 is 5.11 Å². The van der Waals surface area contributed by atoms with Crippen molar-refractivity contribution in [1.29, 1.82) is 0 Å². The quantitative estimate of drug-likeness (QED) is 0.613. The lowest BCUT2D eigenvalue weighted by Crippen LogP contribution is -1.71. The van der Waals surface area contributed by atoms with Crippen molar-refractivity contribution in [3.8, 4) is 5.75 Å². The summed E-state index contributed by atoms with van der Waals surface area (Å²) in [6, 6.07) is 8.86. The third kappa shape index (κ3) is 1.34. The van der Waals surface area contributed by atoms with E-state index in [-0.39, 0.29) is 5.75 Å². The minimum Gasteiger partial charge on any atom is -0.506 e. The fraction of sp³-hybridized carbons (Fsp3) is 0. The van der Waals surface area contributed by atoms with E-state index in [0.29, 0.717) is 15.6 Å². The van der Waals surface area contributed by atoms with Gasteiger partial charge in [-0.1, -0.05) is 23.2 Å². The van der Waals surface area contributed by atoms with E-state index < -0.39 is 0 Å². The molecule has 0 radical (unpaired) electrons. The second kappa shape index (κ2) is 3.30. The van der Waals surface area contributed by atoms with Crippen molar-refractivity contribution in [3.05, 3.63) is 40.4 Å². The smallest absolute Gasteiger partial charge is 0.141 e. The molecule has 2 aromatic carbocycles. The molecule has 2 nitrogen and oxygen atoms in total. The van der Waals surface area contributed by atoms with Crippen molar-refractivity contribution >= 4 is 45.0 Å². The number of rotatable bonds is 0. The van der Waals surface area contributed by atoms with Crippen LogP contribution >= 0.6 is 23.2 Å². The van der Waals surface area contributed by atoms with Crippen LogP contribution in [0.5, 0.6) is 5.75 Å². The molecule has 0 bridgehead atoms. The molecule has 0 saturated carbocycles. The van der Waals surface area contributed by atoms with Crippen LogP contribution in [0.2, 0.25) is 10.0 Å². The summed E-state index contributed by atoms with van der Waals surface area (Å²) >= 11 is 11.9. The van der Waals surface area contributed by atoms with Crippen LogP contribution in [0.15, 0.2) is 30.3 Å². The zero-order chi connectivity index (χ0) is 11.3. The van der Waals surface area contributed by atoms with Gasteiger partial charge in [0.05, 0.1) is 5.52 Å². The molecule has 3 rings (SSSR count). The molecule has 0 fully saturated rings. The SMILES string of the molecule is Oc1cc(Cl)cc2c1[nH]c1ccc(Cl)cc12. The van der Waals surface area contributed by atoms with E-state index >= 15 is 0 Å². The Kier molecular flexibility index (Phi) is 2.03. The van der Waals surface area contributed by atoms with Crippen molar-refractivity contribution in [1.82, 2.24) is 4.98 Å². The Morgan fingerprint density at radius 3 is 2.50 bits per heavy atom. The van der Waals surface area contributed by atoms with E-state index in [0.717, 1.165) is 16.3 Å². The Morgan fingerprint density at radius 2 is 1.69 bits per heavy atom. The van der Waals surface area contributed by atoms with Gasteiger partial charge in [0.1, 0.15) is 5.75 Å². The number of phenols is 1. The molecule has 0 saturated heterocycles. The van der Waals surface area contributed by atoms with Crippen LogP contribution in [-0.2, 0) is 0 Å². The highest BCUT2D eigenvalue weighted by Crippen LogP contribution is 2.34. The Bertz CT molecular complexity index is 703. The molecule has 0 aliphatic heterocycles. The molecule has 0 unspecified atom stereocenters. The monoisotopic (exact) mass is 251 g/mol. The van der Waals surface area contributed by atoms with E-state index in [4.69, 9.17) is 23.2 Å². The Labute approximate surface area is 101 Å². The van der Waals surface area contributed by atoms with Gasteiger partial charge in [0, 0.05) is 32.4 Å². The first-order valence-electron chi connectivity index (χ1n) is 4.74. The van der Waals surface area contributed by atoms with E-state index in [9.17, 15) is 5.11 Å². The van der Waals surface area contributed by atoms with E-state index in [1.807, 2.05) is 18.2 Å². The number of H-pyrrole nitrogens is 1. The summed E-state index contributed by atoms with van der Waals surface area (Å²) in [6.07, 6.45) is 0. The largest absolute Gasteiger partial charge is 0.506 e. The van der Waals surface area contributed by atoms with Crippen LogP contribution in [0.1, 0.15) is 0 Å². The van der Waals surface area contributed by atoms with E-state index in [1.165, 1.54) is 6.07 Å². The minimum atomic E-state index is 0.148. The summed E-state index contributed by atoms with van der Waals surface area (Å²) in [7, 11) is 0. The number of aromatic hydroxyl groups is 1. The van der Waals surface area contributed by atoms with Crippen LogP contribution in [0, 0.1) is 0 Å². The zero-order valence-corrected chi connectivity index (χ0v) is 9.60. The standard InChI is InChI=1S/C12H7Cl2NO/c13-6-1-2-10-8(3-6)9-4-7(14)5-11(16)12(9)15-10/h1-5,15-16H. The van der Waals surface area contributed by atoms with Gasteiger partial charge < -0.3 is 10.1 Å². The van der Waals surface area contributed by atoms with Crippen LogP contribution in [0.3, 0.4) is 0 Å². The van der Waals surface area contributed by atoms with Gasteiger partial charge in [-0.3, -0.25) is 0 Å². The first kappa shape index (κ1) is 9.82. The molecule has 16 heavy (non-hydrogen) atoms. The highest BCUT2D eigenvalue weighted by Gasteiger charge is 2.09. The Hall–Kier alpha value is -1.38. The maximum atomic E-state index is 9.77. The lowest BCUT2D eigenvalue weighted by atomic mass is 10.1. The summed E-state index contributed by atoms with van der Waals surface area (Å²) in [5.41, 5.74) is 1.61. The Balaban J connectivity index is 2.57. The maximum absolute atomic E-state index is 9.77. The number of nitrogens with one attached hydrogen (secondary N) is 1. The number of halogens is 2. The van der Waals surface area contributed by atoms with Gasteiger partial charge in [-0.25, -0.2) is 0 Å². The molecule has 2 N–H and O–H groups in total. The van der Waals surface area contributed by atoms with Crippen LogP contribution in [0.4, 0.5) is 0 Å². The number of aromatic nitrogens is 1. The average Bonchev–Trinajstić information content (AvgIpc) is 2.57. The summed E-state index contributed by atoms with van der Waals surface area (Å²) in [5, 5.41) is 12.8. The number of hydrogen-bond acceptors (Lipinski definition) is 1. The molecule has 0 atom stereocenters. The van der Waals surface area contributed by atoms with Gasteiger partial charge in [-0.15, -0.1) is 0 Å². The number of aromatic amines is 1. The third-order valence-corrected chi connectivity index (χ3v) is 3.07. The lowest BCUT2D eigenvalue weighted by Gasteiger charge is -1.96. The highest BCUT2D eigenvalue weighted by atomic mass is 35.5. The molecule has 4 heteroatoms. The van der Waals surface area contributed by atoms with Gasteiger partial charge >= 0.3 is 0 Å². The summed E-state index contributed by atoms with van der Waals surface area (Å²) in [4.78, 5) is 3.13. The van der Waals surface area contributed by atoms with Gasteiger partial charge in [-0.2, -0.15) is 0 Å². The molecule has 1 heterocycles. The first-order chi connectivity index (χ1) is 7.65. The third-order valence-electron chi connectivity index (χ3n) is 2.61. The van der Waals surface area contributed by atoms with E-state index in [1.54, 1.807) is 6.07 Å². The fourth-order valence-corrected chi connectivity index (χ4v) is 2.30.